The summed E-state index contributed by atoms with van der Waals surface area (Å²) in [6.45, 7) is 0.547. The minimum absolute atomic E-state index is 0.0681. The number of anilines is 1. The predicted molar refractivity (Wildman–Crippen MR) is 92.4 cm³/mol. The van der Waals surface area contributed by atoms with E-state index in [4.69, 9.17) is 4.74 Å². The third-order valence-electron chi connectivity index (χ3n) is 4.13. The van der Waals surface area contributed by atoms with Crippen molar-refractivity contribution in [1.29, 1.82) is 0 Å². The van der Waals surface area contributed by atoms with Gasteiger partial charge in [0.05, 0.1) is 6.04 Å². The second-order valence-electron chi connectivity index (χ2n) is 5.79. The van der Waals surface area contributed by atoms with E-state index in [-0.39, 0.29) is 12.1 Å². The van der Waals surface area contributed by atoms with Crippen molar-refractivity contribution in [3.05, 3.63) is 65.7 Å². The summed E-state index contributed by atoms with van der Waals surface area (Å²) in [5.41, 5.74) is 1.56. The van der Waals surface area contributed by atoms with Crippen LogP contribution >= 0.6 is 11.5 Å². The molecule has 0 spiro atoms. The average molecular weight is 359 g/mol. The number of hydrogen-bond donors (Lipinski definition) is 1. The number of rotatable bonds is 4. The van der Waals surface area contributed by atoms with Crippen LogP contribution in [-0.2, 0) is 4.74 Å². The van der Waals surface area contributed by atoms with Crippen LogP contribution in [0.5, 0.6) is 0 Å². The average Bonchev–Trinajstić information content (AvgIpc) is 3.28. The Bertz CT molecular complexity index is 872. The van der Waals surface area contributed by atoms with Crippen LogP contribution < -0.4 is 5.32 Å². The molecule has 3 aromatic rings. The quantitative estimate of drug-likeness (QED) is 0.749. The van der Waals surface area contributed by atoms with Gasteiger partial charge >= 0.3 is 0 Å². The zero-order chi connectivity index (χ0) is 17.2. The zero-order valence-corrected chi connectivity index (χ0v) is 14.0. The standard InChI is InChI=1S/C18H15F2N3OS/c19-13-7-6-12(10-14(13)20)16-15(8-9-24-16)21-18-22-17(23-25-18)11-4-2-1-3-5-11/h1-7,10,15-16H,8-9H2,(H,21,22,23). The molecule has 1 saturated heterocycles. The third-order valence-corrected chi connectivity index (χ3v) is 4.78. The fourth-order valence-electron chi connectivity index (χ4n) is 2.90. The fraction of sp³-hybridized carbons (Fsp3) is 0.222. The first-order valence-electron chi connectivity index (χ1n) is 7.93. The van der Waals surface area contributed by atoms with E-state index < -0.39 is 11.6 Å². The summed E-state index contributed by atoms with van der Waals surface area (Å²) in [4.78, 5) is 4.51. The van der Waals surface area contributed by atoms with Crippen molar-refractivity contribution in [2.45, 2.75) is 18.6 Å². The number of halogens is 2. The Labute approximate surface area is 147 Å². The van der Waals surface area contributed by atoms with Crippen LogP contribution in [0.2, 0.25) is 0 Å². The molecule has 4 nitrogen and oxygen atoms in total. The third kappa shape index (κ3) is 3.38. The van der Waals surface area contributed by atoms with Gasteiger partial charge < -0.3 is 10.1 Å². The molecule has 1 fully saturated rings. The Balaban J connectivity index is 1.52. The highest BCUT2D eigenvalue weighted by atomic mass is 32.1. The first-order valence-corrected chi connectivity index (χ1v) is 8.70. The number of ether oxygens (including phenoxy) is 1. The molecular formula is C18H15F2N3OS. The molecule has 1 N–H and O–H groups in total. The molecule has 128 valence electrons. The Morgan fingerprint density at radius 1 is 1.08 bits per heavy atom. The number of aromatic nitrogens is 2. The molecule has 4 rings (SSSR count). The Morgan fingerprint density at radius 2 is 1.92 bits per heavy atom. The first-order chi connectivity index (χ1) is 12.2. The van der Waals surface area contributed by atoms with Crippen LogP contribution in [0.15, 0.2) is 48.5 Å². The maximum absolute atomic E-state index is 13.5. The van der Waals surface area contributed by atoms with Crippen LogP contribution in [0.25, 0.3) is 11.4 Å². The molecule has 7 heteroatoms. The normalized spacial score (nSPS) is 19.9. The van der Waals surface area contributed by atoms with Crippen molar-refractivity contribution in [3.63, 3.8) is 0 Å². The lowest BCUT2D eigenvalue weighted by Gasteiger charge is -2.19. The van der Waals surface area contributed by atoms with Gasteiger partial charge in [0.2, 0.25) is 5.13 Å². The summed E-state index contributed by atoms with van der Waals surface area (Å²) in [6.07, 6.45) is 0.406. The van der Waals surface area contributed by atoms with Gasteiger partial charge in [-0.2, -0.15) is 9.36 Å². The van der Waals surface area contributed by atoms with Crippen molar-refractivity contribution in [3.8, 4) is 11.4 Å². The van der Waals surface area contributed by atoms with Gasteiger partial charge in [-0.1, -0.05) is 36.4 Å². The molecule has 2 unspecified atom stereocenters. The fourth-order valence-corrected chi connectivity index (χ4v) is 3.55. The molecule has 1 aliphatic heterocycles. The van der Waals surface area contributed by atoms with Crippen molar-refractivity contribution >= 4 is 16.7 Å². The van der Waals surface area contributed by atoms with Crippen LogP contribution in [0.1, 0.15) is 18.1 Å². The molecular weight excluding hydrogens is 344 g/mol. The molecule has 25 heavy (non-hydrogen) atoms. The lowest BCUT2D eigenvalue weighted by atomic mass is 10.0. The molecule has 0 aliphatic carbocycles. The number of hydrogen-bond acceptors (Lipinski definition) is 5. The van der Waals surface area contributed by atoms with E-state index in [1.54, 1.807) is 6.07 Å². The van der Waals surface area contributed by atoms with E-state index in [9.17, 15) is 8.78 Å². The molecule has 2 heterocycles. The summed E-state index contributed by atoms with van der Waals surface area (Å²) in [5, 5.41) is 4.00. The molecule has 0 bridgehead atoms. The summed E-state index contributed by atoms with van der Waals surface area (Å²) in [7, 11) is 0. The summed E-state index contributed by atoms with van der Waals surface area (Å²) in [6, 6.07) is 13.5. The van der Waals surface area contributed by atoms with Crippen molar-refractivity contribution < 1.29 is 13.5 Å². The van der Waals surface area contributed by atoms with E-state index in [0.717, 1.165) is 18.1 Å². The largest absolute Gasteiger partial charge is 0.371 e. The van der Waals surface area contributed by atoms with Gasteiger partial charge in [0, 0.05) is 23.7 Å². The lowest BCUT2D eigenvalue weighted by Crippen LogP contribution is -2.23. The van der Waals surface area contributed by atoms with Crippen LogP contribution in [0.4, 0.5) is 13.9 Å². The zero-order valence-electron chi connectivity index (χ0n) is 13.2. The van der Waals surface area contributed by atoms with Crippen molar-refractivity contribution in [2.75, 3.05) is 11.9 Å². The van der Waals surface area contributed by atoms with Gasteiger partial charge in [-0.15, -0.1) is 0 Å². The van der Waals surface area contributed by atoms with Gasteiger partial charge in [-0.05, 0) is 24.1 Å². The van der Waals surface area contributed by atoms with Crippen molar-refractivity contribution in [2.24, 2.45) is 0 Å². The number of nitrogens with zero attached hydrogens (tertiary/aromatic N) is 2. The predicted octanol–water partition coefficient (Wildman–Crippen LogP) is 4.43. The van der Waals surface area contributed by atoms with E-state index in [1.807, 2.05) is 30.3 Å². The van der Waals surface area contributed by atoms with E-state index in [2.05, 4.69) is 14.7 Å². The van der Waals surface area contributed by atoms with Crippen LogP contribution in [0, 0.1) is 11.6 Å². The summed E-state index contributed by atoms with van der Waals surface area (Å²) >= 11 is 1.27. The summed E-state index contributed by atoms with van der Waals surface area (Å²) < 4.78 is 36.7. The molecule has 2 atom stereocenters. The van der Waals surface area contributed by atoms with E-state index in [0.29, 0.717) is 23.1 Å². The maximum Gasteiger partial charge on any atom is 0.203 e. The minimum atomic E-state index is -0.867. The summed E-state index contributed by atoms with van der Waals surface area (Å²) in [5.74, 6) is -1.06. The number of nitrogens with one attached hydrogen (secondary N) is 1. The van der Waals surface area contributed by atoms with Gasteiger partial charge in [0.15, 0.2) is 17.5 Å². The highest BCUT2D eigenvalue weighted by Crippen LogP contribution is 2.33. The van der Waals surface area contributed by atoms with Crippen LogP contribution in [0.3, 0.4) is 0 Å². The molecule has 1 aromatic heterocycles. The van der Waals surface area contributed by atoms with E-state index >= 15 is 0 Å². The van der Waals surface area contributed by atoms with Gasteiger partial charge in [0.1, 0.15) is 6.10 Å². The molecule has 1 aliphatic rings. The highest BCUT2D eigenvalue weighted by molar-refractivity contribution is 7.09. The smallest absolute Gasteiger partial charge is 0.203 e. The second kappa shape index (κ2) is 6.85. The minimum Gasteiger partial charge on any atom is -0.371 e. The molecule has 0 amide bonds. The first kappa shape index (κ1) is 16.1. The maximum atomic E-state index is 13.5. The SMILES string of the molecule is Fc1ccc(C2OCCC2Nc2nc(-c3ccccc3)ns2)cc1F. The lowest BCUT2D eigenvalue weighted by molar-refractivity contribution is 0.107. The monoisotopic (exact) mass is 359 g/mol. The van der Waals surface area contributed by atoms with Gasteiger partial charge in [-0.25, -0.2) is 8.78 Å². The Hall–Kier alpha value is -2.38. The highest BCUT2D eigenvalue weighted by Gasteiger charge is 2.31. The Morgan fingerprint density at radius 3 is 2.72 bits per heavy atom. The van der Waals surface area contributed by atoms with Crippen molar-refractivity contribution in [1.82, 2.24) is 9.36 Å². The molecule has 0 saturated carbocycles. The van der Waals surface area contributed by atoms with Gasteiger partial charge in [0.25, 0.3) is 0 Å². The van der Waals surface area contributed by atoms with Crippen LogP contribution in [-0.4, -0.2) is 22.0 Å². The number of benzene rings is 2. The van der Waals surface area contributed by atoms with E-state index in [1.165, 1.54) is 17.6 Å². The molecule has 0 radical (unpaired) electrons. The molecule has 2 aromatic carbocycles. The Kier molecular flexibility index (Phi) is 4.42. The van der Waals surface area contributed by atoms with Gasteiger partial charge in [-0.3, -0.25) is 0 Å². The topological polar surface area (TPSA) is 47.0 Å². The second-order valence-corrected chi connectivity index (χ2v) is 6.55.